The number of nitrogens with one attached hydrogen (secondary N) is 2. The van der Waals surface area contributed by atoms with Crippen molar-refractivity contribution in [2.45, 2.75) is 83.5 Å². The lowest BCUT2D eigenvalue weighted by Crippen LogP contribution is -2.46. The number of likely N-dealkylation sites (tertiary alicyclic amines) is 1. The van der Waals surface area contributed by atoms with E-state index >= 15 is 0 Å². The fourth-order valence-corrected chi connectivity index (χ4v) is 5.70. The van der Waals surface area contributed by atoms with Crippen molar-refractivity contribution in [3.8, 4) is 0 Å². The molecule has 5 atom stereocenters. The van der Waals surface area contributed by atoms with E-state index < -0.39 is 6.29 Å². The molecule has 0 spiro atoms. The predicted octanol–water partition coefficient (Wildman–Crippen LogP) is 4.06. The second kappa shape index (κ2) is 15.4. The molecule has 224 valence electrons. The molecule has 2 fully saturated rings. The lowest BCUT2D eigenvalue weighted by Gasteiger charge is -2.43. The Morgan fingerprint density at radius 2 is 1.71 bits per heavy atom. The Balaban J connectivity index is 1.40. The molecular formula is C32H45N3O6. The number of amides is 2. The lowest BCUT2D eigenvalue weighted by molar-refractivity contribution is -0.276. The number of anilines is 1. The fourth-order valence-electron chi connectivity index (χ4n) is 5.70. The Labute approximate surface area is 243 Å². The summed E-state index contributed by atoms with van der Waals surface area (Å²) in [4.78, 5) is 25.7. The summed E-state index contributed by atoms with van der Waals surface area (Å²) < 4.78 is 13.1. The Morgan fingerprint density at radius 1 is 0.976 bits per heavy atom. The number of carbonyl (C=O) groups excluding carboxylic acids is 2. The van der Waals surface area contributed by atoms with E-state index in [9.17, 15) is 19.8 Å². The standard InChI is InChI=1S/C32H45N3O6/c1-22-29(19-35-18-6-7-28(35)21-37)40-32(41-31(22)25-11-9-24(20-36)10-12-25)26-13-15-27(16-14-26)34-30(39)8-4-3-5-17-33-23(2)38/h9-16,22,28-29,31-32,36-37H,3-8,17-21H2,1-2H3,(H,33,38)(H,34,39). The van der Waals surface area contributed by atoms with E-state index in [4.69, 9.17) is 9.47 Å². The van der Waals surface area contributed by atoms with Crippen molar-refractivity contribution in [3.63, 3.8) is 0 Å². The second-order valence-corrected chi connectivity index (χ2v) is 11.3. The van der Waals surface area contributed by atoms with Gasteiger partial charge in [0.1, 0.15) is 0 Å². The largest absolute Gasteiger partial charge is 0.395 e. The number of hydrogen-bond acceptors (Lipinski definition) is 7. The van der Waals surface area contributed by atoms with Crippen molar-refractivity contribution in [1.82, 2.24) is 10.2 Å². The molecule has 2 aliphatic heterocycles. The molecule has 2 aromatic rings. The van der Waals surface area contributed by atoms with E-state index in [2.05, 4.69) is 22.5 Å². The third kappa shape index (κ3) is 8.83. The molecule has 2 heterocycles. The van der Waals surface area contributed by atoms with Crippen molar-refractivity contribution in [2.75, 3.05) is 31.6 Å². The summed E-state index contributed by atoms with van der Waals surface area (Å²) in [6.45, 7) is 6.10. The monoisotopic (exact) mass is 567 g/mol. The highest BCUT2D eigenvalue weighted by Gasteiger charge is 2.40. The number of carbonyl (C=O) groups is 2. The van der Waals surface area contributed by atoms with Crippen molar-refractivity contribution in [2.24, 2.45) is 5.92 Å². The molecule has 2 amide bonds. The van der Waals surface area contributed by atoms with Crippen molar-refractivity contribution in [1.29, 1.82) is 0 Å². The van der Waals surface area contributed by atoms with Gasteiger partial charge in [-0.2, -0.15) is 0 Å². The molecule has 2 saturated heterocycles. The van der Waals surface area contributed by atoms with E-state index in [0.29, 0.717) is 13.0 Å². The number of aliphatic hydroxyl groups is 2. The minimum Gasteiger partial charge on any atom is -0.395 e. The first kappa shape index (κ1) is 31.1. The second-order valence-electron chi connectivity index (χ2n) is 11.3. The summed E-state index contributed by atoms with van der Waals surface area (Å²) in [7, 11) is 0. The van der Waals surface area contributed by atoms with Crippen LogP contribution in [-0.2, 0) is 25.7 Å². The van der Waals surface area contributed by atoms with Gasteiger partial charge in [-0.25, -0.2) is 0 Å². The molecule has 5 unspecified atom stereocenters. The average molecular weight is 568 g/mol. The highest BCUT2D eigenvalue weighted by Crippen LogP contribution is 2.42. The molecule has 0 aliphatic carbocycles. The third-order valence-electron chi connectivity index (χ3n) is 8.17. The van der Waals surface area contributed by atoms with E-state index in [1.54, 1.807) is 0 Å². The van der Waals surface area contributed by atoms with Crippen LogP contribution in [-0.4, -0.2) is 65.3 Å². The zero-order valence-electron chi connectivity index (χ0n) is 24.3. The molecule has 0 saturated carbocycles. The molecule has 0 bridgehead atoms. The average Bonchev–Trinajstić information content (AvgIpc) is 3.43. The molecule has 41 heavy (non-hydrogen) atoms. The summed E-state index contributed by atoms with van der Waals surface area (Å²) >= 11 is 0. The summed E-state index contributed by atoms with van der Waals surface area (Å²) in [5.74, 6) is 0.00384. The molecule has 9 heteroatoms. The summed E-state index contributed by atoms with van der Waals surface area (Å²) in [6.07, 6.45) is 4.11. The molecule has 9 nitrogen and oxygen atoms in total. The normalized spacial score (nSPS) is 24.7. The van der Waals surface area contributed by atoms with Crippen LogP contribution in [0.25, 0.3) is 0 Å². The summed E-state index contributed by atoms with van der Waals surface area (Å²) in [5.41, 5.74) is 3.48. The fraction of sp³-hybridized carbons (Fsp3) is 0.562. The minimum atomic E-state index is -0.581. The van der Waals surface area contributed by atoms with Crippen LogP contribution in [0.15, 0.2) is 48.5 Å². The Morgan fingerprint density at radius 3 is 2.39 bits per heavy atom. The first-order valence-electron chi connectivity index (χ1n) is 14.9. The number of ether oxygens (including phenoxy) is 2. The highest BCUT2D eigenvalue weighted by atomic mass is 16.7. The van der Waals surface area contributed by atoms with Gasteiger partial charge in [0, 0.05) is 49.6 Å². The maximum atomic E-state index is 12.4. The van der Waals surface area contributed by atoms with Crippen LogP contribution in [0.4, 0.5) is 5.69 Å². The number of benzene rings is 2. The number of hydrogen-bond donors (Lipinski definition) is 4. The SMILES string of the molecule is CC(=O)NCCCCCC(=O)Nc1ccc(C2OC(CN3CCCC3CO)C(C)C(c3ccc(CO)cc3)O2)cc1. The number of rotatable bonds is 13. The van der Waals surface area contributed by atoms with Gasteiger partial charge in [0.2, 0.25) is 11.8 Å². The third-order valence-corrected chi connectivity index (χ3v) is 8.17. The predicted molar refractivity (Wildman–Crippen MR) is 157 cm³/mol. The van der Waals surface area contributed by atoms with Gasteiger partial charge in [0.25, 0.3) is 0 Å². The van der Waals surface area contributed by atoms with E-state index in [1.165, 1.54) is 6.92 Å². The maximum absolute atomic E-state index is 12.4. The number of unbranched alkanes of at least 4 members (excludes halogenated alkanes) is 2. The van der Waals surface area contributed by atoms with Crippen LogP contribution < -0.4 is 10.6 Å². The smallest absolute Gasteiger partial charge is 0.224 e. The van der Waals surface area contributed by atoms with Gasteiger partial charge >= 0.3 is 0 Å². The number of nitrogens with zero attached hydrogens (tertiary/aromatic N) is 1. The van der Waals surface area contributed by atoms with Crippen LogP contribution in [0, 0.1) is 5.92 Å². The van der Waals surface area contributed by atoms with Crippen LogP contribution in [0.2, 0.25) is 0 Å². The first-order valence-corrected chi connectivity index (χ1v) is 14.9. The topological polar surface area (TPSA) is 120 Å². The number of aliphatic hydroxyl groups excluding tert-OH is 2. The summed E-state index contributed by atoms with van der Waals surface area (Å²) in [5, 5.41) is 25.1. The Kier molecular flexibility index (Phi) is 11.7. The van der Waals surface area contributed by atoms with Crippen molar-refractivity contribution >= 4 is 17.5 Å². The molecule has 4 N–H and O–H groups in total. The quantitative estimate of drug-likeness (QED) is 0.270. The lowest BCUT2D eigenvalue weighted by atomic mass is 9.90. The van der Waals surface area contributed by atoms with E-state index in [1.807, 2.05) is 48.5 Å². The Hall–Kier alpha value is -2.82. The molecule has 4 rings (SSSR count). The van der Waals surface area contributed by atoms with Crippen molar-refractivity contribution < 1.29 is 29.3 Å². The van der Waals surface area contributed by atoms with Gasteiger partial charge < -0.3 is 30.3 Å². The van der Waals surface area contributed by atoms with Gasteiger partial charge in [0.15, 0.2) is 6.29 Å². The van der Waals surface area contributed by atoms with E-state index in [-0.39, 0.29) is 49.2 Å². The van der Waals surface area contributed by atoms with Gasteiger partial charge in [-0.3, -0.25) is 14.5 Å². The maximum Gasteiger partial charge on any atom is 0.224 e. The van der Waals surface area contributed by atoms with Gasteiger partial charge in [-0.1, -0.05) is 49.7 Å². The zero-order chi connectivity index (χ0) is 29.2. The molecule has 2 aliphatic rings. The highest BCUT2D eigenvalue weighted by molar-refractivity contribution is 5.90. The first-order chi connectivity index (χ1) is 19.9. The van der Waals surface area contributed by atoms with E-state index in [0.717, 1.165) is 67.6 Å². The van der Waals surface area contributed by atoms with Gasteiger partial charge in [0.05, 0.1) is 25.4 Å². The summed E-state index contributed by atoms with van der Waals surface area (Å²) in [6, 6.07) is 15.6. The molecule has 0 radical (unpaired) electrons. The van der Waals surface area contributed by atoms with Gasteiger partial charge in [-0.05, 0) is 55.5 Å². The zero-order valence-corrected chi connectivity index (χ0v) is 24.3. The van der Waals surface area contributed by atoms with Crippen LogP contribution in [0.1, 0.15) is 81.5 Å². The molecule has 2 aromatic carbocycles. The van der Waals surface area contributed by atoms with Crippen LogP contribution >= 0.6 is 0 Å². The Bertz CT molecular complexity index is 1110. The van der Waals surface area contributed by atoms with Gasteiger partial charge in [-0.15, -0.1) is 0 Å². The van der Waals surface area contributed by atoms with Crippen molar-refractivity contribution in [3.05, 3.63) is 65.2 Å². The van der Waals surface area contributed by atoms with Crippen LogP contribution in [0.5, 0.6) is 0 Å². The minimum absolute atomic E-state index is 0.00524. The molecule has 0 aromatic heterocycles. The van der Waals surface area contributed by atoms with Crippen LogP contribution in [0.3, 0.4) is 0 Å². The molecular weight excluding hydrogens is 522 g/mol.